The molecule has 0 unspecified atom stereocenters. The summed E-state index contributed by atoms with van der Waals surface area (Å²) in [6, 6.07) is 5.76. The van der Waals surface area contributed by atoms with Crippen molar-refractivity contribution in [3.8, 4) is 40.6 Å². The number of alkyl halides is 2. The molecule has 0 atom stereocenters. The van der Waals surface area contributed by atoms with E-state index in [9.17, 15) is 18.7 Å². The van der Waals surface area contributed by atoms with E-state index in [0.717, 1.165) is 25.1 Å². The highest BCUT2D eigenvalue weighted by Gasteiger charge is 2.22. The van der Waals surface area contributed by atoms with Crippen molar-refractivity contribution in [2.24, 2.45) is 11.3 Å². The number of aromatic nitrogens is 1. The summed E-state index contributed by atoms with van der Waals surface area (Å²) in [6.07, 6.45) is 0.322. The molecule has 1 aromatic carbocycles. The van der Waals surface area contributed by atoms with E-state index in [1.807, 2.05) is 0 Å². The molecular formula is C27H26F2N4O3S. The Bertz CT molecular complexity index is 1350. The van der Waals surface area contributed by atoms with Gasteiger partial charge in [-0.25, -0.2) is 8.78 Å². The summed E-state index contributed by atoms with van der Waals surface area (Å²) in [5.74, 6) is 11.3. The van der Waals surface area contributed by atoms with Crippen LogP contribution in [0.2, 0.25) is 0 Å². The van der Waals surface area contributed by atoms with Gasteiger partial charge in [0.25, 0.3) is 12.3 Å². The largest absolute Gasteiger partial charge is 0.494 e. The van der Waals surface area contributed by atoms with Crippen LogP contribution in [0.15, 0.2) is 30.5 Å². The molecule has 1 aliphatic rings. The fourth-order valence-corrected chi connectivity index (χ4v) is 3.45. The number of benzene rings is 1. The Morgan fingerprint density at radius 2 is 2.03 bits per heavy atom. The van der Waals surface area contributed by atoms with E-state index in [2.05, 4.69) is 34.0 Å². The molecule has 0 bridgehead atoms. The van der Waals surface area contributed by atoms with Crippen LogP contribution in [0.3, 0.4) is 0 Å². The Kier molecular flexibility index (Phi) is 9.04. The third kappa shape index (κ3) is 7.88. The molecule has 1 aromatic heterocycles. The zero-order chi connectivity index (χ0) is 27.2. The molecular weight excluding hydrogens is 498 g/mol. The molecule has 0 radical (unpaired) electrons. The summed E-state index contributed by atoms with van der Waals surface area (Å²) in [6.45, 7) is 3.36. The smallest absolute Gasteiger partial charge is 0.280 e. The Labute approximate surface area is 218 Å². The standard InChI is InChI=1S/C27H26F2N4O3S/c1-27(2,15-34)11-10-17-6-8-18(25(35)33-26(31)37-23(30)9-7-16-4-5-16)19(12-17)20-13-21(24(28)29)32-14-22(20)36-3/h6,8,12-14,16,24,30,34H,4-5,15H2,1-3H3,(H2,31,33,35). The Hall–Kier alpha value is -3.73. The molecule has 2 aromatic rings. The average molecular weight is 525 g/mol. The zero-order valence-electron chi connectivity index (χ0n) is 20.5. The molecule has 1 saturated carbocycles. The van der Waals surface area contributed by atoms with Crippen LogP contribution in [0.5, 0.6) is 5.75 Å². The highest BCUT2D eigenvalue weighted by atomic mass is 32.2. The maximum absolute atomic E-state index is 13.4. The minimum Gasteiger partial charge on any atom is -0.494 e. The van der Waals surface area contributed by atoms with Gasteiger partial charge >= 0.3 is 0 Å². The van der Waals surface area contributed by atoms with Crippen LogP contribution in [-0.2, 0) is 0 Å². The van der Waals surface area contributed by atoms with E-state index in [1.165, 1.54) is 13.2 Å². The number of carbonyl (C=O) groups is 1. The van der Waals surface area contributed by atoms with E-state index in [0.29, 0.717) is 23.2 Å². The van der Waals surface area contributed by atoms with Gasteiger partial charge in [0, 0.05) is 28.0 Å². The quantitative estimate of drug-likeness (QED) is 0.253. The number of carbonyl (C=O) groups excluding carboxylic acids is 1. The van der Waals surface area contributed by atoms with Gasteiger partial charge in [0.2, 0.25) is 0 Å². The molecule has 0 spiro atoms. The predicted octanol–water partition coefficient (Wildman–Crippen LogP) is 4.85. The number of thioether (sulfide) groups is 1. The van der Waals surface area contributed by atoms with Crippen molar-refractivity contribution in [2.75, 3.05) is 13.7 Å². The second kappa shape index (κ2) is 12.0. The summed E-state index contributed by atoms with van der Waals surface area (Å²) < 4.78 is 32.2. The van der Waals surface area contributed by atoms with Gasteiger partial charge in [-0.15, -0.1) is 0 Å². The Morgan fingerprint density at radius 1 is 1.30 bits per heavy atom. The summed E-state index contributed by atoms with van der Waals surface area (Å²) in [7, 11) is 1.36. The second-order valence-electron chi connectivity index (χ2n) is 8.92. The lowest BCUT2D eigenvalue weighted by molar-refractivity contribution is 0.0978. The molecule has 1 heterocycles. The SMILES string of the molecule is COc1cnc(C(F)F)cc1-c1cc(C#CC(C)(C)CO)ccc1C(=O)NC(=N)SC(=N)C#CC1CC1. The molecule has 1 amide bonds. The molecule has 1 aliphatic carbocycles. The number of ether oxygens (including phenoxy) is 1. The summed E-state index contributed by atoms with van der Waals surface area (Å²) in [5, 5.41) is 27.5. The first kappa shape index (κ1) is 27.9. The van der Waals surface area contributed by atoms with Crippen LogP contribution in [-0.4, -0.2) is 39.9 Å². The molecule has 0 saturated heterocycles. The minimum atomic E-state index is -2.84. The number of amidine groups is 1. The normalized spacial score (nSPS) is 12.6. The highest BCUT2D eigenvalue weighted by Crippen LogP contribution is 2.35. The fraction of sp³-hybridized carbons (Fsp3) is 0.333. The lowest BCUT2D eigenvalue weighted by Gasteiger charge is -2.15. The number of methoxy groups -OCH3 is 1. The number of nitrogens with one attached hydrogen (secondary N) is 3. The summed E-state index contributed by atoms with van der Waals surface area (Å²) in [4.78, 5) is 16.9. The molecule has 0 aliphatic heterocycles. The van der Waals surface area contributed by atoms with Crippen LogP contribution in [0.1, 0.15) is 54.7 Å². The van der Waals surface area contributed by atoms with Crippen molar-refractivity contribution >= 4 is 27.9 Å². The van der Waals surface area contributed by atoms with Crippen molar-refractivity contribution in [2.45, 2.75) is 33.1 Å². The predicted molar refractivity (Wildman–Crippen MR) is 140 cm³/mol. The lowest BCUT2D eigenvalue weighted by Crippen LogP contribution is -2.28. The first-order chi connectivity index (χ1) is 17.5. The molecule has 4 N–H and O–H groups in total. The third-order valence-corrected chi connectivity index (χ3v) is 5.84. The maximum atomic E-state index is 13.4. The van der Waals surface area contributed by atoms with Crippen molar-refractivity contribution in [1.82, 2.24) is 10.3 Å². The number of pyridine rings is 1. The van der Waals surface area contributed by atoms with Crippen molar-refractivity contribution < 1.29 is 23.4 Å². The number of amides is 1. The van der Waals surface area contributed by atoms with Crippen molar-refractivity contribution in [3.05, 3.63) is 47.3 Å². The molecule has 192 valence electrons. The van der Waals surface area contributed by atoms with Crippen LogP contribution in [0.4, 0.5) is 8.78 Å². The van der Waals surface area contributed by atoms with Gasteiger partial charge in [-0.05, 0) is 74.2 Å². The van der Waals surface area contributed by atoms with E-state index in [-0.39, 0.29) is 39.3 Å². The van der Waals surface area contributed by atoms with Gasteiger partial charge in [0.1, 0.15) is 16.5 Å². The van der Waals surface area contributed by atoms with E-state index in [1.54, 1.807) is 26.0 Å². The number of nitrogens with zero attached hydrogens (tertiary/aromatic N) is 1. The maximum Gasteiger partial charge on any atom is 0.280 e. The highest BCUT2D eigenvalue weighted by molar-refractivity contribution is 8.26. The van der Waals surface area contributed by atoms with E-state index >= 15 is 0 Å². The van der Waals surface area contributed by atoms with Crippen LogP contribution in [0.25, 0.3) is 11.1 Å². The van der Waals surface area contributed by atoms with Gasteiger partial charge in [-0.3, -0.25) is 20.6 Å². The van der Waals surface area contributed by atoms with Crippen LogP contribution in [0, 0.1) is 45.8 Å². The first-order valence-electron chi connectivity index (χ1n) is 11.3. The number of aliphatic hydroxyl groups excluding tert-OH is 1. The number of hydrogen-bond donors (Lipinski definition) is 4. The minimum absolute atomic E-state index is 0.0630. The topological polar surface area (TPSA) is 119 Å². The van der Waals surface area contributed by atoms with Crippen LogP contribution >= 0.6 is 11.8 Å². The van der Waals surface area contributed by atoms with Crippen molar-refractivity contribution in [3.63, 3.8) is 0 Å². The van der Waals surface area contributed by atoms with Gasteiger partial charge in [-0.2, -0.15) is 0 Å². The van der Waals surface area contributed by atoms with Gasteiger partial charge < -0.3 is 15.2 Å². The number of hydrogen-bond acceptors (Lipinski definition) is 7. The zero-order valence-corrected chi connectivity index (χ0v) is 21.4. The van der Waals surface area contributed by atoms with E-state index in [4.69, 9.17) is 15.6 Å². The van der Waals surface area contributed by atoms with E-state index < -0.39 is 23.4 Å². The number of halogens is 2. The molecule has 37 heavy (non-hydrogen) atoms. The monoisotopic (exact) mass is 524 g/mol. The molecule has 10 heteroatoms. The summed E-state index contributed by atoms with van der Waals surface area (Å²) >= 11 is 0.706. The summed E-state index contributed by atoms with van der Waals surface area (Å²) in [5.41, 5.74) is -0.165. The molecule has 7 nitrogen and oxygen atoms in total. The Balaban J connectivity index is 2.00. The fourth-order valence-electron chi connectivity index (χ4n) is 2.99. The molecule has 3 rings (SSSR count). The number of rotatable bonds is 5. The van der Waals surface area contributed by atoms with Gasteiger partial charge in [0.15, 0.2) is 5.17 Å². The van der Waals surface area contributed by atoms with Crippen molar-refractivity contribution in [1.29, 1.82) is 10.8 Å². The van der Waals surface area contributed by atoms with Gasteiger partial charge in [-0.1, -0.05) is 17.8 Å². The average Bonchev–Trinajstić information content (AvgIpc) is 3.70. The van der Waals surface area contributed by atoms with Gasteiger partial charge in [0.05, 0.1) is 19.9 Å². The van der Waals surface area contributed by atoms with Crippen LogP contribution < -0.4 is 10.1 Å². The second-order valence-corrected chi connectivity index (χ2v) is 9.94. The Morgan fingerprint density at radius 3 is 2.65 bits per heavy atom. The lowest BCUT2D eigenvalue weighted by atomic mass is 9.93. The molecule has 1 fully saturated rings. The third-order valence-electron chi connectivity index (χ3n) is 5.23. The number of aliphatic hydroxyl groups is 1. The first-order valence-corrected chi connectivity index (χ1v) is 12.1.